The third kappa shape index (κ3) is 7.56. The molecule has 3 fully saturated rings. The van der Waals surface area contributed by atoms with E-state index in [2.05, 4.69) is 37.7 Å². The van der Waals surface area contributed by atoms with Gasteiger partial charge in [0, 0.05) is 56.3 Å². The molecule has 0 bridgehead atoms. The maximum absolute atomic E-state index is 13.9. The first-order valence-corrected chi connectivity index (χ1v) is 15.1. The van der Waals surface area contributed by atoms with E-state index in [0.717, 1.165) is 45.1 Å². The van der Waals surface area contributed by atoms with Gasteiger partial charge < -0.3 is 30.5 Å². The molecule has 5 rings (SSSR count). The Morgan fingerprint density at radius 3 is 2.49 bits per heavy atom. The summed E-state index contributed by atoms with van der Waals surface area (Å²) in [6.07, 6.45) is 0.483. The summed E-state index contributed by atoms with van der Waals surface area (Å²) in [6.45, 7) is 6.11. The van der Waals surface area contributed by atoms with Crippen molar-refractivity contribution < 1.29 is 27.5 Å². The van der Waals surface area contributed by atoms with E-state index in [9.17, 15) is 22.8 Å². The van der Waals surface area contributed by atoms with Crippen LogP contribution in [0.15, 0.2) is 30.5 Å². The van der Waals surface area contributed by atoms with Gasteiger partial charge in [-0.05, 0) is 62.9 Å². The summed E-state index contributed by atoms with van der Waals surface area (Å²) in [5.74, 6) is -1.14. The molecule has 3 heterocycles. The fraction of sp³-hybridized carbons (Fsp3) is 0.600. The zero-order chi connectivity index (χ0) is 30.6. The van der Waals surface area contributed by atoms with Gasteiger partial charge in [0.05, 0.1) is 18.6 Å². The van der Waals surface area contributed by atoms with Crippen LogP contribution >= 0.6 is 0 Å². The van der Waals surface area contributed by atoms with Gasteiger partial charge in [0.15, 0.2) is 0 Å². The molecule has 1 saturated carbocycles. The van der Waals surface area contributed by atoms with Gasteiger partial charge in [-0.3, -0.25) is 9.59 Å². The van der Waals surface area contributed by atoms with E-state index in [4.69, 9.17) is 4.74 Å². The van der Waals surface area contributed by atoms with Crippen LogP contribution in [0.25, 0.3) is 0 Å². The molecule has 3 aliphatic rings. The van der Waals surface area contributed by atoms with Gasteiger partial charge in [-0.15, -0.1) is 0 Å². The van der Waals surface area contributed by atoms with Crippen LogP contribution in [0.2, 0.25) is 0 Å². The number of hydrogen-bond donors (Lipinski definition) is 3. The van der Waals surface area contributed by atoms with Gasteiger partial charge >= 0.3 is 6.18 Å². The van der Waals surface area contributed by atoms with Crippen LogP contribution in [-0.2, 0) is 15.7 Å². The summed E-state index contributed by atoms with van der Waals surface area (Å²) in [6, 6.07) is 6.34. The summed E-state index contributed by atoms with van der Waals surface area (Å²) in [4.78, 5) is 38.3. The smallest absolute Gasteiger partial charge is 0.379 e. The van der Waals surface area contributed by atoms with Crippen molar-refractivity contribution in [3.63, 3.8) is 0 Å². The second-order valence-electron chi connectivity index (χ2n) is 11.6. The fourth-order valence-corrected chi connectivity index (χ4v) is 6.16. The van der Waals surface area contributed by atoms with Crippen molar-refractivity contribution in [1.29, 1.82) is 0 Å². The second-order valence-corrected chi connectivity index (χ2v) is 11.6. The lowest BCUT2D eigenvalue weighted by Gasteiger charge is -2.36. The molecule has 1 aromatic heterocycles. The van der Waals surface area contributed by atoms with Crippen LogP contribution in [0, 0.1) is 5.92 Å². The van der Waals surface area contributed by atoms with Crippen molar-refractivity contribution in [2.75, 3.05) is 50.5 Å². The van der Waals surface area contributed by atoms with Crippen LogP contribution in [0.5, 0.6) is 0 Å². The van der Waals surface area contributed by atoms with E-state index >= 15 is 0 Å². The summed E-state index contributed by atoms with van der Waals surface area (Å²) < 4.78 is 47.0. The Kier molecular flexibility index (Phi) is 9.70. The molecule has 10 nitrogen and oxygen atoms in total. The fourth-order valence-electron chi connectivity index (χ4n) is 6.16. The Morgan fingerprint density at radius 2 is 1.84 bits per heavy atom. The summed E-state index contributed by atoms with van der Waals surface area (Å²) in [5.41, 5.74) is 0.0523. The van der Waals surface area contributed by atoms with Crippen LogP contribution in [0.4, 0.5) is 30.6 Å². The first-order valence-electron chi connectivity index (χ1n) is 15.1. The second kappa shape index (κ2) is 13.5. The number of alkyl halides is 3. The Morgan fingerprint density at radius 1 is 1.09 bits per heavy atom. The molecule has 0 spiro atoms. The van der Waals surface area contributed by atoms with Gasteiger partial charge in [-0.2, -0.15) is 18.2 Å². The van der Waals surface area contributed by atoms with Gasteiger partial charge in [-0.25, -0.2) is 4.98 Å². The number of hydrogen-bond acceptors (Lipinski definition) is 8. The Bertz CT molecular complexity index is 1260. The number of amides is 2. The molecule has 234 valence electrons. The van der Waals surface area contributed by atoms with E-state index in [1.807, 2.05) is 7.05 Å². The van der Waals surface area contributed by atoms with E-state index in [1.54, 1.807) is 29.2 Å². The maximum Gasteiger partial charge on any atom is 0.421 e. The number of benzene rings is 1. The number of nitrogens with one attached hydrogen (secondary N) is 3. The third-order valence-electron chi connectivity index (χ3n) is 8.81. The molecule has 2 aliphatic heterocycles. The molecule has 1 aromatic carbocycles. The first-order chi connectivity index (χ1) is 20.6. The van der Waals surface area contributed by atoms with E-state index in [-0.39, 0.29) is 35.7 Å². The highest BCUT2D eigenvalue weighted by Gasteiger charge is 2.39. The lowest BCUT2D eigenvalue weighted by molar-refractivity contribution is -0.137. The van der Waals surface area contributed by atoms with Crippen LogP contribution in [0.3, 0.4) is 0 Å². The number of carbonyl (C=O) groups excluding carboxylic acids is 2. The predicted molar refractivity (Wildman–Crippen MR) is 156 cm³/mol. The van der Waals surface area contributed by atoms with E-state index < -0.39 is 23.7 Å². The van der Waals surface area contributed by atoms with E-state index in [1.165, 1.54) is 0 Å². The summed E-state index contributed by atoms with van der Waals surface area (Å²) in [5, 5.41) is 8.83. The largest absolute Gasteiger partial charge is 0.421 e. The minimum Gasteiger partial charge on any atom is -0.379 e. The summed E-state index contributed by atoms with van der Waals surface area (Å²) >= 11 is 0. The highest BCUT2D eigenvalue weighted by atomic mass is 19.4. The number of nitrogens with zero attached hydrogens (tertiary/aromatic N) is 4. The van der Waals surface area contributed by atoms with Crippen molar-refractivity contribution in [3.8, 4) is 0 Å². The number of ether oxygens (including phenoxy) is 1. The molecule has 1 aliphatic carbocycles. The number of piperidine rings is 1. The monoisotopic (exact) mass is 603 g/mol. The average Bonchev–Trinajstić information content (AvgIpc) is 3.69. The molecule has 2 aromatic rings. The number of halogens is 3. The quantitative estimate of drug-likeness (QED) is 0.390. The van der Waals surface area contributed by atoms with Crippen molar-refractivity contribution in [2.45, 2.75) is 69.8 Å². The lowest BCUT2D eigenvalue weighted by atomic mass is 10.0. The third-order valence-corrected chi connectivity index (χ3v) is 8.81. The minimum atomic E-state index is -4.68. The average molecular weight is 604 g/mol. The van der Waals surface area contributed by atoms with E-state index in [0.29, 0.717) is 43.7 Å². The van der Waals surface area contributed by atoms with Crippen LogP contribution in [0.1, 0.15) is 61.4 Å². The number of carbonyl (C=O) groups is 2. The molecule has 2 saturated heterocycles. The molecular formula is C30H40F3N7O3. The topological polar surface area (TPSA) is 112 Å². The zero-order valence-electron chi connectivity index (χ0n) is 24.6. The molecule has 2 amide bonds. The predicted octanol–water partition coefficient (Wildman–Crippen LogP) is 4.28. The van der Waals surface area contributed by atoms with Crippen molar-refractivity contribution in [3.05, 3.63) is 41.6 Å². The maximum atomic E-state index is 13.9. The zero-order valence-corrected chi connectivity index (χ0v) is 24.6. The Labute approximate surface area is 249 Å². The van der Waals surface area contributed by atoms with Crippen LogP contribution < -0.4 is 16.0 Å². The summed E-state index contributed by atoms with van der Waals surface area (Å²) in [7, 11) is 1.83. The molecule has 3 atom stereocenters. The molecule has 1 unspecified atom stereocenters. The standard InChI is InChI=1S/C30H40F3N7O3/c1-3-40-14-11-22(12-15-40)39(2)28(42)19-7-9-20(10-8-19)36-29-34-17-24(30(31,32)33)26(38-29)37-25-6-4-5-23(25)27(41)35-21-13-16-43-18-21/h7-10,17,21-23,25H,3-6,11-16,18H2,1-2H3,(H,35,41)(H2,34,36,37,38)/t21?,23-,25+/m0/s1. The number of anilines is 3. The number of aromatic nitrogens is 2. The highest BCUT2D eigenvalue weighted by Crippen LogP contribution is 2.37. The van der Waals surface area contributed by atoms with Gasteiger partial charge in [0.25, 0.3) is 5.91 Å². The Balaban J connectivity index is 1.25. The molecule has 43 heavy (non-hydrogen) atoms. The minimum absolute atomic E-state index is 0.0310. The Hall–Kier alpha value is -3.45. The first kappa shape index (κ1) is 31.0. The lowest BCUT2D eigenvalue weighted by Crippen LogP contribution is -2.45. The van der Waals surface area contributed by atoms with Crippen molar-refractivity contribution in [2.24, 2.45) is 5.92 Å². The molecular weight excluding hydrogens is 563 g/mol. The SMILES string of the molecule is CCN1CCC(N(C)C(=O)c2ccc(Nc3ncc(C(F)(F)F)c(N[C@@H]4CCC[C@@H]4C(=O)NC4CCOC4)n3)cc2)CC1. The van der Waals surface area contributed by atoms with Gasteiger partial charge in [-0.1, -0.05) is 13.3 Å². The molecule has 3 N–H and O–H groups in total. The highest BCUT2D eigenvalue weighted by molar-refractivity contribution is 5.94. The van der Waals surface area contributed by atoms with Crippen molar-refractivity contribution in [1.82, 2.24) is 25.1 Å². The van der Waals surface area contributed by atoms with Crippen molar-refractivity contribution >= 4 is 29.3 Å². The molecule has 13 heteroatoms. The van der Waals surface area contributed by atoms with Gasteiger partial charge in [0.1, 0.15) is 11.4 Å². The van der Waals surface area contributed by atoms with Crippen LogP contribution in [-0.4, -0.2) is 89.6 Å². The number of likely N-dealkylation sites (tertiary alicyclic amines) is 1. The normalized spacial score (nSPS) is 23.2. The van der Waals surface area contributed by atoms with Gasteiger partial charge in [0.2, 0.25) is 11.9 Å². The molecule has 0 radical (unpaired) electrons. The number of rotatable bonds is 9.